The van der Waals surface area contributed by atoms with Crippen LogP contribution < -0.4 is 14.5 Å². The molecule has 2 fully saturated rings. The van der Waals surface area contributed by atoms with Crippen LogP contribution in [0, 0.1) is 0 Å². The zero-order chi connectivity index (χ0) is 17.8. The third-order valence-corrected chi connectivity index (χ3v) is 5.08. The zero-order valence-corrected chi connectivity index (χ0v) is 15.5. The number of benzene rings is 1. The summed E-state index contributed by atoms with van der Waals surface area (Å²) in [4.78, 5) is 18.3. The number of nitrogens with zero attached hydrogens (tertiary/aromatic N) is 2. The van der Waals surface area contributed by atoms with E-state index in [9.17, 15) is 4.79 Å². The molecule has 6 nitrogen and oxygen atoms in total. The van der Waals surface area contributed by atoms with E-state index in [1.807, 2.05) is 30.9 Å². The number of amides is 1. The quantitative estimate of drug-likeness (QED) is 0.834. The summed E-state index contributed by atoms with van der Waals surface area (Å²) >= 11 is 0. The van der Waals surface area contributed by atoms with Crippen LogP contribution in [-0.4, -0.2) is 75.9 Å². The van der Waals surface area contributed by atoms with Gasteiger partial charge in [0.1, 0.15) is 5.75 Å². The van der Waals surface area contributed by atoms with Crippen molar-refractivity contribution in [3.8, 4) is 5.75 Å². The van der Waals surface area contributed by atoms with E-state index in [2.05, 4.69) is 17.0 Å². The Balaban J connectivity index is 1.48. The minimum absolute atomic E-state index is 0.134. The molecule has 3 rings (SSSR count). The molecule has 6 heteroatoms. The summed E-state index contributed by atoms with van der Waals surface area (Å²) in [6, 6.07) is 8.20. The number of rotatable bonds is 4. The highest BCUT2D eigenvalue weighted by atomic mass is 16.5. The van der Waals surface area contributed by atoms with Gasteiger partial charge in [-0.05, 0) is 38.1 Å². The number of nitrogens with one attached hydrogen (secondary N) is 1. The van der Waals surface area contributed by atoms with E-state index in [0.29, 0.717) is 19.6 Å². The summed E-state index contributed by atoms with van der Waals surface area (Å²) in [6.45, 7) is 10.0. The standard InChI is InChI=1S/C19H29N3O3/c1-15-12-22(13-16(2)25-15)19(23)14-20-8-10-21(11-9-20)17-4-6-18(24-3)7-5-17/h4-7,15-16H,8-14H2,1-3H3/p+1/t15-,16+. The number of methoxy groups -OCH3 is 1. The van der Waals surface area contributed by atoms with Gasteiger partial charge in [0.25, 0.3) is 5.91 Å². The third kappa shape index (κ3) is 4.64. The van der Waals surface area contributed by atoms with Crippen molar-refractivity contribution in [3.63, 3.8) is 0 Å². The average Bonchev–Trinajstić information content (AvgIpc) is 2.61. The Morgan fingerprint density at radius 1 is 1.16 bits per heavy atom. The normalized spacial score (nSPS) is 25.1. The van der Waals surface area contributed by atoms with Gasteiger partial charge in [-0.1, -0.05) is 0 Å². The second kappa shape index (κ2) is 8.06. The lowest BCUT2D eigenvalue weighted by atomic mass is 10.2. The molecule has 2 aliphatic rings. The number of hydrogen-bond donors (Lipinski definition) is 1. The van der Waals surface area contributed by atoms with E-state index in [1.165, 1.54) is 10.6 Å². The summed E-state index contributed by atoms with van der Waals surface area (Å²) in [6.07, 6.45) is 0.268. The summed E-state index contributed by atoms with van der Waals surface area (Å²) in [5.74, 6) is 1.14. The molecule has 2 aliphatic heterocycles. The second-order valence-corrected chi connectivity index (χ2v) is 7.17. The first-order chi connectivity index (χ1) is 12.0. The molecule has 0 radical (unpaired) electrons. The van der Waals surface area contributed by atoms with Crippen LogP contribution in [0.25, 0.3) is 0 Å². The fraction of sp³-hybridized carbons (Fsp3) is 0.632. The number of ether oxygens (including phenoxy) is 2. The average molecular weight is 348 g/mol. The fourth-order valence-electron chi connectivity index (χ4n) is 3.76. The van der Waals surface area contributed by atoms with Crippen LogP contribution in [0.2, 0.25) is 0 Å². The minimum Gasteiger partial charge on any atom is -0.497 e. The van der Waals surface area contributed by atoms with E-state index >= 15 is 0 Å². The summed E-state index contributed by atoms with van der Waals surface area (Å²) in [5.41, 5.74) is 1.22. The fourth-order valence-corrected chi connectivity index (χ4v) is 3.76. The summed E-state index contributed by atoms with van der Waals surface area (Å²) < 4.78 is 10.9. The van der Waals surface area contributed by atoms with Crippen molar-refractivity contribution in [2.45, 2.75) is 26.1 Å². The summed E-state index contributed by atoms with van der Waals surface area (Å²) in [5, 5.41) is 0. The SMILES string of the molecule is COc1ccc(N2CC[NH+](CC(=O)N3C[C@@H](C)O[C@@H](C)C3)CC2)cc1. The second-order valence-electron chi connectivity index (χ2n) is 7.17. The number of carbonyl (C=O) groups is 1. The maximum absolute atomic E-state index is 12.6. The van der Waals surface area contributed by atoms with E-state index < -0.39 is 0 Å². The molecular weight excluding hydrogens is 318 g/mol. The van der Waals surface area contributed by atoms with Crippen molar-refractivity contribution >= 4 is 11.6 Å². The van der Waals surface area contributed by atoms with Crippen LogP contribution in [0.15, 0.2) is 24.3 Å². The van der Waals surface area contributed by atoms with Gasteiger partial charge in [-0.25, -0.2) is 0 Å². The number of morpholine rings is 1. The van der Waals surface area contributed by atoms with Gasteiger partial charge >= 0.3 is 0 Å². The lowest BCUT2D eigenvalue weighted by Gasteiger charge is -2.37. The predicted octanol–water partition coefficient (Wildman–Crippen LogP) is 0.0359. The van der Waals surface area contributed by atoms with Gasteiger partial charge < -0.3 is 24.2 Å². The Hall–Kier alpha value is -1.79. The van der Waals surface area contributed by atoms with Gasteiger partial charge in [0, 0.05) is 18.8 Å². The minimum atomic E-state index is 0.134. The van der Waals surface area contributed by atoms with Crippen LogP contribution in [-0.2, 0) is 9.53 Å². The molecule has 0 saturated carbocycles. The number of quaternary nitrogens is 1. The topological polar surface area (TPSA) is 46.5 Å². The van der Waals surface area contributed by atoms with Gasteiger partial charge in [0.2, 0.25) is 0 Å². The van der Waals surface area contributed by atoms with E-state index in [1.54, 1.807) is 7.11 Å². The Bertz CT molecular complexity index is 560. The van der Waals surface area contributed by atoms with Gasteiger partial charge in [-0.2, -0.15) is 0 Å². The third-order valence-electron chi connectivity index (χ3n) is 5.08. The van der Waals surface area contributed by atoms with Gasteiger partial charge in [-0.15, -0.1) is 0 Å². The largest absolute Gasteiger partial charge is 0.497 e. The Morgan fingerprint density at radius 2 is 1.76 bits per heavy atom. The maximum atomic E-state index is 12.6. The first-order valence-electron chi connectivity index (χ1n) is 9.21. The highest BCUT2D eigenvalue weighted by Crippen LogP contribution is 2.19. The first kappa shape index (κ1) is 18.0. The van der Waals surface area contributed by atoms with Crippen LogP contribution >= 0.6 is 0 Å². The smallest absolute Gasteiger partial charge is 0.277 e. The van der Waals surface area contributed by atoms with E-state index in [4.69, 9.17) is 9.47 Å². The van der Waals surface area contributed by atoms with Crippen molar-refractivity contribution in [1.82, 2.24) is 4.90 Å². The van der Waals surface area contributed by atoms with Gasteiger partial charge in [-0.3, -0.25) is 4.79 Å². The molecule has 1 aromatic carbocycles. The lowest BCUT2D eigenvalue weighted by molar-refractivity contribution is -0.892. The van der Waals surface area contributed by atoms with Crippen molar-refractivity contribution < 1.29 is 19.2 Å². The highest BCUT2D eigenvalue weighted by Gasteiger charge is 2.29. The van der Waals surface area contributed by atoms with Crippen molar-refractivity contribution in [1.29, 1.82) is 0 Å². The molecule has 1 N–H and O–H groups in total. The van der Waals surface area contributed by atoms with Crippen LogP contribution in [0.1, 0.15) is 13.8 Å². The molecular formula is C19H30N3O3+. The van der Waals surface area contributed by atoms with Crippen molar-refractivity contribution in [2.24, 2.45) is 0 Å². The molecule has 1 aromatic rings. The number of piperazine rings is 1. The molecule has 2 saturated heterocycles. The van der Waals surface area contributed by atoms with Gasteiger partial charge in [0.05, 0.1) is 45.5 Å². The maximum Gasteiger partial charge on any atom is 0.277 e. The molecule has 0 bridgehead atoms. The Kier molecular flexibility index (Phi) is 5.81. The van der Waals surface area contributed by atoms with E-state index in [-0.39, 0.29) is 18.1 Å². The molecule has 0 aromatic heterocycles. The lowest BCUT2D eigenvalue weighted by Crippen LogP contribution is -3.16. The highest BCUT2D eigenvalue weighted by molar-refractivity contribution is 5.77. The monoisotopic (exact) mass is 348 g/mol. The molecule has 138 valence electrons. The Labute approximate surface area is 150 Å². The Morgan fingerprint density at radius 3 is 2.32 bits per heavy atom. The van der Waals surface area contributed by atoms with Crippen molar-refractivity contribution in [2.75, 3.05) is 57.8 Å². The number of carbonyl (C=O) groups excluding carboxylic acids is 1. The number of anilines is 1. The van der Waals surface area contributed by atoms with Crippen LogP contribution in [0.4, 0.5) is 5.69 Å². The molecule has 2 atom stereocenters. The van der Waals surface area contributed by atoms with E-state index in [0.717, 1.165) is 31.9 Å². The molecule has 0 spiro atoms. The molecule has 0 aliphatic carbocycles. The number of hydrogen-bond acceptors (Lipinski definition) is 4. The van der Waals surface area contributed by atoms with Gasteiger partial charge in [0.15, 0.2) is 6.54 Å². The first-order valence-corrected chi connectivity index (χ1v) is 9.21. The molecule has 25 heavy (non-hydrogen) atoms. The summed E-state index contributed by atoms with van der Waals surface area (Å²) in [7, 11) is 1.68. The molecule has 0 unspecified atom stereocenters. The van der Waals surface area contributed by atoms with Crippen molar-refractivity contribution in [3.05, 3.63) is 24.3 Å². The van der Waals surface area contributed by atoms with Crippen LogP contribution in [0.3, 0.4) is 0 Å². The molecule has 2 heterocycles. The van der Waals surface area contributed by atoms with Crippen LogP contribution in [0.5, 0.6) is 5.75 Å². The zero-order valence-electron chi connectivity index (χ0n) is 15.5. The molecule has 1 amide bonds. The predicted molar refractivity (Wildman–Crippen MR) is 97.4 cm³/mol.